The van der Waals surface area contributed by atoms with E-state index in [2.05, 4.69) is 19.2 Å². The van der Waals surface area contributed by atoms with Crippen LogP contribution in [0.2, 0.25) is 0 Å². The summed E-state index contributed by atoms with van der Waals surface area (Å²) in [6.07, 6.45) is 1.20. The van der Waals surface area contributed by atoms with Crippen molar-refractivity contribution in [3.63, 3.8) is 0 Å². The van der Waals surface area contributed by atoms with E-state index < -0.39 is 6.10 Å². The van der Waals surface area contributed by atoms with E-state index in [0.717, 1.165) is 23.5 Å². The molecule has 2 unspecified atom stereocenters. The molecule has 0 fully saturated rings. The van der Waals surface area contributed by atoms with Crippen molar-refractivity contribution in [2.75, 3.05) is 13.7 Å². The monoisotopic (exact) mass is 279 g/mol. The first kappa shape index (κ1) is 15.1. The molecule has 0 bridgehead atoms. The lowest BCUT2D eigenvalue weighted by atomic mass is 9.90. The van der Waals surface area contributed by atoms with E-state index in [4.69, 9.17) is 9.47 Å². The summed E-state index contributed by atoms with van der Waals surface area (Å²) in [5, 5.41) is 12.9. The van der Waals surface area contributed by atoms with Crippen LogP contribution in [0.1, 0.15) is 45.2 Å². The van der Waals surface area contributed by atoms with Crippen LogP contribution in [-0.4, -0.2) is 30.5 Å². The summed E-state index contributed by atoms with van der Waals surface area (Å²) in [5.74, 6) is 1.60. The molecule has 1 aromatic rings. The fraction of sp³-hybridized carbons (Fsp3) is 0.625. The third-order valence-corrected chi connectivity index (χ3v) is 3.70. The molecule has 1 aliphatic rings. The molecule has 1 heterocycles. The molecule has 0 aromatic heterocycles. The maximum Gasteiger partial charge on any atom is 0.128 e. The number of aliphatic hydroxyl groups is 1. The maximum atomic E-state index is 9.55. The Bertz CT molecular complexity index is 459. The predicted molar refractivity (Wildman–Crippen MR) is 79.4 cm³/mol. The van der Waals surface area contributed by atoms with Gasteiger partial charge in [0, 0.05) is 24.1 Å². The van der Waals surface area contributed by atoms with Crippen molar-refractivity contribution in [3.8, 4) is 11.5 Å². The van der Waals surface area contributed by atoms with E-state index in [1.807, 2.05) is 32.2 Å². The number of hydrogen-bond acceptors (Lipinski definition) is 4. The second-order valence-corrected chi connectivity index (χ2v) is 5.98. The molecule has 0 saturated heterocycles. The lowest BCUT2D eigenvalue weighted by Gasteiger charge is -2.37. The minimum atomic E-state index is -0.423. The Morgan fingerprint density at radius 1 is 1.50 bits per heavy atom. The third kappa shape index (κ3) is 3.44. The summed E-state index contributed by atoms with van der Waals surface area (Å²) < 4.78 is 11.7. The molecule has 2 rings (SSSR count). The second kappa shape index (κ2) is 6.02. The van der Waals surface area contributed by atoms with Gasteiger partial charge in [-0.25, -0.2) is 0 Å². The Labute approximate surface area is 121 Å². The number of ether oxygens (including phenoxy) is 2. The van der Waals surface area contributed by atoms with E-state index in [0.29, 0.717) is 19.1 Å². The second-order valence-electron chi connectivity index (χ2n) is 5.98. The van der Waals surface area contributed by atoms with E-state index >= 15 is 0 Å². The molecule has 2 atom stereocenters. The van der Waals surface area contributed by atoms with E-state index in [1.165, 1.54) is 0 Å². The van der Waals surface area contributed by atoms with Crippen molar-refractivity contribution < 1.29 is 14.6 Å². The normalized spacial score (nSPS) is 21.8. The van der Waals surface area contributed by atoms with Gasteiger partial charge in [0.2, 0.25) is 0 Å². The average molecular weight is 279 g/mol. The van der Waals surface area contributed by atoms with Gasteiger partial charge in [-0.3, -0.25) is 0 Å². The van der Waals surface area contributed by atoms with Gasteiger partial charge in [-0.1, -0.05) is 13.0 Å². The van der Waals surface area contributed by atoms with Gasteiger partial charge in [-0.2, -0.15) is 0 Å². The van der Waals surface area contributed by atoms with E-state index in [1.54, 1.807) is 0 Å². The minimum Gasteiger partial charge on any atom is -0.491 e. The zero-order chi connectivity index (χ0) is 14.8. The molecular formula is C16H25NO3. The molecule has 4 heteroatoms. The molecule has 0 saturated carbocycles. The zero-order valence-corrected chi connectivity index (χ0v) is 12.8. The summed E-state index contributed by atoms with van der Waals surface area (Å²) >= 11 is 0. The average Bonchev–Trinajstić information content (AvgIpc) is 2.42. The largest absolute Gasteiger partial charge is 0.491 e. The van der Waals surface area contributed by atoms with Crippen LogP contribution in [0, 0.1) is 0 Å². The Kier molecular flexibility index (Phi) is 4.55. The SMILES string of the molecule is CCC(O)COc1ccc2c(c1)OC(C)(C)CC2NC. The van der Waals surface area contributed by atoms with Crippen LogP contribution in [0.4, 0.5) is 0 Å². The van der Waals surface area contributed by atoms with Gasteiger partial charge < -0.3 is 19.9 Å². The number of fused-ring (bicyclic) bond motifs is 1. The van der Waals surface area contributed by atoms with Crippen molar-refractivity contribution in [1.82, 2.24) is 5.32 Å². The number of hydrogen-bond donors (Lipinski definition) is 2. The lowest BCUT2D eigenvalue weighted by Crippen LogP contribution is -2.38. The van der Waals surface area contributed by atoms with Gasteiger partial charge >= 0.3 is 0 Å². The highest BCUT2D eigenvalue weighted by atomic mass is 16.5. The molecule has 20 heavy (non-hydrogen) atoms. The summed E-state index contributed by atoms with van der Waals surface area (Å²) in [5.41, 5.74) is 0.970. The number of aliphatic hydroxyl groups excluding tert-OH is 1. The summed E-state index contributed by atoms with van der Waals surface area (Å²) in [7, 11) is 1.97. The van der Waals surface area contributed by atoms with Crippen molar-refractivity contribution in [2.45, 2.75) is 51.4 Å². The molecular weight excluding hydrogens is 254 g/mol. The molecule has 0 spiro atoms. The van der Waals surface area contributed by atoms with Crippen molar-refractivity contribution in [2.24, 2.45) is 0 Å². The molecule has 4 nitrogen and oxygen atoms in total. The van der Waals surface area contributed by atoms with Gasteiger partial charge in [0.15, 0.2) is 0 Å². The highest BCUT2D eigenvalue weighted by Crippen LogP contribution is 2.40. The van der Waals surface area contributed by atoms with Crippen molar-refractivity contribution in [3.05, 3.63) is 23.8 Å². The van der Waals surface area contributed by atoms with Gasteiger partial charge in [-0.15, -0.1) is 0 Å². The van der Waals surface area contributed by atoms with Crippen LogP contribution in [0.15, 0.2) is 18.2 Å². The van der Waals surface area contributed by atoms with Gasteiger partial charge in [0.05, 0.1) is 6.10 Å². The maximum absolute atomic E-state index is 9.55. The number of rotatable bonds is 5. The lowest BCUT2D eigenvalue weighted by molar-refractivity contribution is 0.0663. The zero-order valence-electron chi connectivity index (χ0n) is 12.8. The van der Waals surface area contributed by atoms with E-state index in [-0.39, 0.29) is 5.60 Å². The molecule has 1 aliphatic heterocycles. The fourth-order valence-corrected chi connectivity index (χ4v) is 2.49. The molecule has 1 aromatic carbocycles. The number of benzene rings is 1. The van der Waals surface area contributed by atoms with Gasteiger partial charge in [0.1, 0.15) is 23.7 Å². The van der Waals surface area contributed by atoms with Crippen LogP contribution in [-0.2, 0) is 0 Å². The molecule has 0 radical (unpaired) electrons. The molecule has 0 amide bonds. The van der Waals surface area contributed by atoms with Gasteiger partial charge in [0.25, 0.3) is 0 Å². The summed E-state index contributed by atoms with van der Waals surface area (Å²) in [6.45, 7) is 6.43. The predicted octanol–water partition coefficient (Wildman–Crippen LogP) is 2.66. The first-order chi connectivity index (χ1) is 9.45. The van der Waals surface area contributed by atoms with Gasteiger partial charge in [-0.05, 0) is 33.4 Å². The molecule has 0 aliphatic carbocycles. The Hall–Kier alpha value is -1.26. The fourth-order valence-electron chi connectivity index (χ4n) is 2.49. The van der Waals surface area contributed by atoms with Crippen LogP contribution in [0.25, 0.3) is 0 Å². The van der Waals surface area contributed by atoms with Crippen LogP contribution >= 0.6 is 0 Å². The highest BCUT2D eigenvalue weighted by molar-refractivity contribution is 5.44. The standard InChI is InChI=1S/C16H25NO3/c1-5-11(18)10-19-12-6-7-13-14(17-4)9-16(2,3)20-15(13)8-12/h6-8,11,14,17-18H,5,9-10H2,1-4H3. The molecule has 112 valence electrons. The van der Waals surface area contributed by atoms with Crippen molar-refractivity contribution >= 4 is 0 Å². The summed E-state index contributed by atoms with van der Waals surface area (Å²) in [4.78, 5) is 0. The third-order valence-electron chi connectivity index (χ3n) is 3.70. The van der Waals surface area contributed by atoms with Crippen molar-refractivity contribution in [1.29, 1.82) is 0 Å². The first-order valence-electron chi connectivity index (χ1n) is 7.26. The highest BCUT2D eigenvalue weighted by Gasteiger charge is 2.33. The Morgan fingerprint density at radius 3 is 2.90 bits per heavy atom. The van der Waals surface area contributed by atoms with Crippen LogP contribution < -0.4 is 14.8 Å². The molecule has 2 N–H and O–H groups in total. The summed E-state index contributed by atoms with van der Waals surface area (Å²) in [6, 6.07) is 6.19. The quantitative estimate of drug-likeness (QED) is 0.870. The Balaban J connectivity index is 2.17. The van der Waals surface area contributed by atoms with E-state index in [9.17, 15) is 5.11 Å². The minimum absolute atomic E-state index is 0.192. The van der Waals surface area contributed by atoms with Crippen LogP contribution in [0.5, 0.6) is 11.5 Å². The first-order valence-corrected chi connectivity index (χ1v) is 7.26. The smallest absolute Gasteiger partial charge is 0.128 e. The topological polar surface area (TPSA) is 50.7 Å². The Morgan fingerprint density at radius 2 is 2.25 bits per heavy atom. The number of nitrogens with one attached hydrogen (secondary N) is 1. The van der Waals surface area contributed by atoms with Crippen LogP contribution in [0.3, 0.4) is 0 Å².